The Hall–Kier alpha value is -2.18. The quantitative estimate of drug-likeness (QED) is 0.766. The zero-order chi connectivity index (χ0) is 11.7. The van der Waals surface area contributed by atoms with Gasteiger partial charge < -0.3 is 10.6 Å². The van der Waals surface area contributed by atoms with Gasteiger partial charge in [-0.05, 0) is 19.1 Å². The third kappa shape index (κ3) is 1.79. The summed E-state index contributed by atoms with van der Waals surface area (Å²) in [5.41, 5.74) is 6.59. The van der Waals surface area contributed by atoms with Gasteiger partial charge in [-0.1, -0.05) is 0 Å². The van der Waals surface area contributed by atoms with E-state index < -0.39 is 0 Å². The highest BCUT2D eigenvalue weighted by molar-refractivity contribution is 5.38. The molecule has 0 amide bonds. The Bertz CT molecular complexity index is 485. The molecule has 2 aromatic rings. The fraction of sp³-hybridized carbons (Fsp3) is 0.333. The van der Waals surface area contributed by atoms with Gasteiger partial charge in [0.2, 0.25) is 11.9 Å². The van der Waals surface area contributed by atoms with Gasteiger partial charge in [0.15, 0.2) is 5.82 Å². The molecule has 16 heavy (non-hydrogen) atoms. The lowest BCUT2D eigenvalue weighted by Crippen LogP contribution is -2.11. The van der Waals surface area contributed by atoms with Gasteiger partial charge in [0.1, 0.15) is 0 Å². The smallest absolute Gasteiger partial charge is 0.246 e. The molecule has 0 saturated carbocycles. The second-order valence-corrected chi connectivity index (χ2v) is 3.61. The molecule has 0 radical (unpaired) electrons. The number of nitrogen functional groups attached to an aromatic ring is 1. The minimum Gasteiger partial charge on any atom is -0.368 e. The van der Waals surface area contributed by atoms with Gasteiger partial charge in [0.05, 0.1) is 5.69 Å². The van der Waals surface area contributed by atoms with Crippen molar-refractivity contribution in [1.29, 1.82) is 0 Å². The van der Waals surface area contributed by atoms with Gasteiger partial charge >= 0.3 is 0 Å². The highest BCUT2D eigenvalue weighted by Crippen LogP contribution is 2.12. The Morgan fingerprint density at radius 2 is 2.00 bits per heavy atom. The molecule has 2 N–H and O–H groups in total. The zero-order valence-electron chi connectivity index (χ0n) is 9.42. The van der Waals surface area contributed by atoms with E-state index in [4.69, 9.17) is 5.73 Å². The summed E-state index contributed by atoms with van der Waals surface area (Å²) in [5, 5.41) is 12.2. The molecular formula is C9H13N7. The van der Waals surface area contributed by atoms with Crippen molar-refractivity contribution in [3.63, 3.8) is 0 Å². The molecule has 84 valence electrons. The molecule has 0 aromatic carbocycles. The molecule has 0 spiro atoms. The first-order valence-electron chi connectivity index (χ1n) is 4.78. The summed E-state index contributed by atoms with van der Waals surface area (Å²) in [7, 11) is 3.69. The highest BCUT2D eigenvalue weighted by Gasteiger charge is 2.10. The molecule has 0 aliphatic rings. The maximum absolute atomic E-state index is 5.74. The summed E-state index contributed by atoms with van der Waals surface area (Å²) in [4.78, 5) is 5.87. The Labute approximate surface area is 92.9 Å². The second kappa shape index (κ2) is 3.76. The maximum Gasteiger partial charge on any atom is 0.246 e. The van der Waals surface area contributed by atoms with Crippen molar-refractivity contribution in [3.8, 4) is 5.82 Å². The Kier molecular flexibility index (Phi) is 2.43. The van der Waals surface area contributed by atoms with Crippen LogP contribution in [-0.2, 0) is 0 Å². The summed E-state index contributed by atoms with van der Waals surface area (Å²) in [6.07, 6.45) is 0. The summed E-state index contributed by atoms with van der Waals surface area (Å²) in [6.45, 7) is 1.87. The van der Waals surface area contributed by atoms with Crippen molar-refractivity contribution in [3.05, 3.63) is 17.8 Å². The van der Waals surface area contributed by atoms with Crippen molar-refractivity contribution in [2.24, 2.45) is 0 Å². The molecule has 2 rings (SSSR count). The van der Waals surface area contributed by atoms with Crippen LogP contribution in [0.4, 0.5) is 11.9 Å². The van der Waals surface area contributed by atoms with Crippen LogP contribution in [0.2, 0.25) is 0 Å². The first kappa shape index (κ1) is 10.3. The number of hydrogen-bond donors (Lipinski definition) is 1. The number of aryl methyl sites for hydroxylation is 1. The predicted molar refractivity (Wildman–Crippen MR) is 60.4 cm³/mol. The van der Waals surface area contributed by atoms with E-state index in [0.29, 0.717) is 17.7 Å². The maximum atomic E-state index is 5.74. The molecular weight excluding hydrogens is 206 g/mol. The van der Waals surface area contributed by atoms with E-state index in [1.165, 1.54) is 4.68 Å². The van der Waals surface area contributed by atoms with Gasteiger partial charge in [0.25, 0.3) is 0 Å². The van der Waals surface area contributed by atoms with E-state index >= 15 is 0 Å². The molecule has 0 aliphatic heterocycles. The molecule has 0 aliphatic carbocycles. The SMILES string of the molecule is Cc1ccc(-n2nc(N(C)C)nc2N)nn1. The van der Waals surface area contributed by atoms with E-state index in [1.807, 2.05) is 27.1 Å². The van der Waals surface area contributed by atoms with Crippen LogP contribution < -0.4 is 10.6 Å². The number of nitrogens with zero attached hydrogens (tertiary/aromatic N) is 6. The normalized spacial score (nSPS) is 10.4. The monoisotopic (exact) mass is 219 g/mol. The van der Waals surface area contributed by atoms with Crippen molar-refractivity contribution in [2.45, 2.75) is 6.92 Å². The number of hydrogen-bond acceptors (Lipinski definition) is 6. The van der Waals surface area contributed by atoms with Crippen LogP contribution >= 0.6 is 0 Å². The number of nitrogens with two attached hydrogens (primary N) is 1. The molecule has 7 nitrogen and oxygen atoms in total. The average molecular weight is 219 g/mol. The average Bonchev–Trinajstić information content (AvgIpc) is 2.62. The summed E-state index contributed by atoms with van der Waals surface area (Å²) < 4.78 is 1.46. The van der Waals surface area contributed by atoms with E-state index in [-0.39, 0.29) is 0 Å². The molecule has 7 heteroatoms. The van der Waals surface area contributed by atoms with Crippen LogP contribution in [0.15, 0.2) is 12.1 Å². The first-order valence-corrected chi connectivity index (χ1v) is 4.78. The van der Waals surface area contributed by atoms with Crippen LogP contribution in [0, 0.1) is 6.92 Å². The zero-order valence-corrected chi connectivity index (χ0v) is 9.42. The molecule has 0 atom stereocenters. The van der Waals surface area contributed by atoms with Gasteiger partial charge in [-0.25, -0.2) is 0 Å². The van der Waals surface area contributed by atoms with Gasteiger partial charge in [0, 0.05) is 14.1 Å². The minimum atomic E-state index is 0.293. The van der Waals surface area contributed by atoms with Crippen LogP contribution in [0.25, 0.3) is 5.82 Å². The number of aromatic nitrogens is 5. The van der Waals surface area contributed by atoms with Crippen LogP contribution in [-0.4, -0.2) is 39.1 Å². The second-order valence-electron chi connectivity index (χ2n) is 3.61. The Balaban J connectivity index is 2.44. The van der Waals surface area contributed by atoms with Crippen molar-refractivity contribution >= 4 is 11.9 Å². The minimum absolute atomic E-state index is 0.293. The lowest BCUT2D eigenvalue weighted by Gasteiger charge is -2.04. The lowest BCUT2D eigenvalue weighted by molar-refractivity contribution is 0.808. The fourth-order valence-electron chi connectivity index (χ4n) is 1.18. The Morgan fingerprint density at radius 1 is 1.25 bits per heavy atom. The largest absolute Gasteiger partial charge is 0.368 e. The Morgan fingerprint density at radius 3 is 2.50 bits per heavy atom. The van der Waals surface area contributed by atoms with Crippen molar-refractivity contribution in [2.75, 3.05) is 24.7 Å². The topological polar surface area (TPSA) is 85.8 Å². The predicted octanol–water partition coefficient (Wildman–Crippen LogP) is 0.0139. The molecule has 0 saturated heterocycles. The lowest BCUT2D eigenvalue weighted by atomic mass is 10.4. The van der Waals surface area contributed by atoms with Gasteiger partial charge in [-0.2, -0.15) is 14.8 Å². The first-order chi connectivity index (χ1) is 7.58. The molecule has 0 fully saturated rings. The third-order valence-electron chi connectivity index (χ3n) is 2.02. The summed E-state index contributed by atoms with van der Waals surface area (Å²) in [6, 6.07) is 3.64. The van der Waals surface area contributed by atoms with Crippen LogP contribution in [0.1, 0.15) is 5.69 Å². The third-order valence-corrected chi connectivity index (χ3v) is 2.02. The van der Waals surface area contributed by atoms with Gasteiger partial charge in [-0.3, -0.25) is 0 Å². The number of rotatable bonds is 2. The molecule has 2 heterocycles. The summed E-state index contributed by atoms with van der Waals surface area (Å²) >= 11 is 0. The summed E-state index contributed by atoms with van der Waals surface area (Å²) in [5.74, 6) is 1.39. The fourth-order valence-corrected chi connectivity index (χ4v) is 1.18. The van der Waals surface area contributed by atoms with E-state index in [0.717, 1.165) is 5.69 Å². The molecule has 0 bridgehead atoms. The van der Waals surface area contributed by atoms with E-state index in [2.05, 4.69) is 20.3 Å². The van der Waals surface area contributed by atoms with Crippen LogP contribution in [0.5, 0.6) is 0 Å². The van der Waals surface area contributed by atoms with Gasteiger partial charge in [-0.15, -0.1) is 10.2 Å². The van der Waals surface area contributed by atoms with Crippen LogP contribution in [0.3, 0.4) is 0 Å². The van der Waals surface area contributed by atoms with Crippen molar-refractivity contribution < 1.29 is 0 Å². The van der Waals surface area contributed by atoms with E-state index in [9.17, 15) is 0 Å². The molecule has 2 aromatic heterocycles. The van der Waals surface area contributed by atoms with Crippen molar-refractivity contribution in [1.82, 2.24) is 25.0 Å². The standard InChI is InChI=1S/C9H13N7/c1-6-4-5-7(13-12-6)16-8(10)11-9(14-16)15(2)3/h4-5H,1-3H3,(H2,10,11,14). The molecule has 0 unspecified atom stereocenters. The number of anilines is 2. The highest BCUT2D eigenvalue weighted by atomic mass is 15.5. The van der Waals surface area contributed by atoms with E-state index in [1.54, 1.807) is 11.0 Å².